The molecule has 1 heterocycles. The monoisotopic (exact) mass is 281 g/mol. The summed E-state index contributed by atoms with van der Waals surface area (Å²) < 4.78 is 37.1. The zero-order valence-corrected chi connectivity index (χ0v) is 11.3. The molecular weight excluding hydrogens is 264 g/mol. The van der Waals surface area contributed by atoms with Crippen LogP contribution in [0.3, 0.4) is 0 Å². The number of nitrogens with one attached hydrogen (secondary N) is 1. The number of benzene rings is 1. The number of rotatable bonds is 7. The van der Waals surface area contributed by atoms with Crippen LogP contribution in [0.25, 0.3) is 0 Å². The van der Waals surface area contributed by atoms with Crippen LogP contribution >= 0.6 is 0 Å². The van der Waals surface area contributed by atoms with Crippen molar-refractivity contribution in [3.05, 3.63) is 53.5 Å². The Balaban J connectivity index is 1.97. The van der Waals surface area contributed by atoms with E-state index in [1.165, 1.54) is 0 Å². The molecule has 0 aliphatic rings. The Bertz CT molecular complexity index is 555. The van der Waals surface area contributed by atoms with Crippen LogP contribution in [0.4, 0.5) is 8.78 Å². The van der Waals surface area contributed by atoms with E-state index in [0.717, 1.165) is 42.5 Å². The van der Waals surface area contributed by atoms with E-state index < -0.39 is 11.6 Å². The maximum Gasteiger partial charge on any atom is 0.165 e. The Hall–Kier alpha value is -1.88. The van der Waals surface area contributed by atoms with E-state index in [9.17, 15) is 8.78 Å². The van der Waals surface area contributed by atoms with Gasteiger partial charge >= 0.3 is 0 Å². The van der Waals surface area contributed by atoms with Crippen molar-refractivity contribution >= 4 is 0 Å². The summed E-state index contributed by atoms with van der Waals surface area (Å²) in [6.07, 6.45) is 2.59. The van der Waals surface area contributed by atoms with Gasteiger partial charge in [0, 0.05) is 11.6 Å². The third-order valence-corrected chi connectivity index (χ3v) is 2.83. The average Bonchev–Trinajstić information content (AvgIpc) is 2.88. The van der Waals surface area contributed by atoms with Crippen molar-refractivity contribution in [2.24, 2.45) is 0 Å². The van der Waals surface area contributed by atoms with Gasteiger partial charge in [-0.1, -0.05) is 6.92 Å². The molecule has 1 N–H and O–H groups in total. The highest BCUT2D eigenvalue weighted by atomic mass is 19.1. The van der Waals surface area contributed by atoms with Crippen LogP contribution in [-0.2, 0) is 13.2 Å². The molecule has 0 fully saturated rings. The van der Waals surface area contributed by atoms with Crippen LogP contribution in [-0.4, -0.2) is 6.54 Å². The molecule has 0 atom stereocenters. The molecule has 20 heavy (non-hydrogen) atoms. The van der Waals surface area contributed by atoms with E-state index in [-0.39, 0.29) is 12.4 Å². The van der Waals surface area contributed by atoms with Gasteiger partial charge in [-0.2, -0.15) is 0 Å². The quantitative estimate of drug-likeness (QED) is 0.787. The summed E-state index contributed by atoms with van der Waals surface area (Å²) in [4.78, 5) is 0. The first-order valence-corrected chi connectivity index (χ1v) is 6.54. The van der Waals surface area contributed by atoms with Gasteiger partial charge in [-0.05, 0) is 31.2 Å². The fourth-order valence-corrected chi connectivity index (χ4v) is 1.77. The molecule has 5 heteroatoms. The summed E-state index contributed by atoms with van der Waals surface area (Å²) >= 11 is 0. The molecule has 0 saturated carbocycles. The molecule has 2 rings (SSSR count). The molecule has 0 radical (unpaired) electrons. The number of hydrogen-bond acceptors (Lipinski definition) is 3. The minimum absolute atomic E-state index is 0.0985. The van der Waals surface area contributed by atoms with Crippen molar-refractivity contribution < 1.29 is 17.9 Å². The van der Waals surface area contributed by atoms with E-state index in [4.69, 9.17) is 9.15 Å². The molecule has 2 aromatic rings. The molecule has 0 aliphatic carbocycles. The fraction of sp³-hybridized carbons (Fsp3) is 0.333. The van der Waals surface area contributed by atoms with E-state index in [1.54, 1.807) is 12.3 Å². The lowest BCUT2D eigenvalue weighted by Crippen LogP contribution is -2.14. The van der Waals surface area contributed by atoms with Gasteiger partial charge in [-0.25, -0.2) is 8.78 Å². The topological polar surface area (TPSA) is 34.4 Å². The minimum atomic E-state index is -0.583. The van der Waals surface area contributed by atoms with E-state index in [0.29, 0.717) is 6.54 Å². The number of hydrogen-bond donors (Lipinski definition) is 1. The maximum absolute atomic E-state index is 13.4. The van der Waals surface area contributed by atoms with Gasteiger partial charge in [-0.3, -0.25) is 0 Å². The Morgan fingerprint density at radius 3 is 2.90 bits per heavy atom. The van der Waals surface area contributed by atoms with Gasteiger partial charge in [0.1, 0.15) is 18.2 Å². The highest BCUT2D eigenvalue weighted by Gasteiger charge is 2.09. The SMILES string of the molecule is CCCNCc1occc1COc1cc(F)ccc1F. The molecule has 0 bridgehead atoms. The van der Waals surface area contributed by atoms with Crippen LogP contribution in [0.2, 0.25) is 0 Å². The van der Waals surface area contributed by atoms with Crippen molar-refractivity contribution in [1.29, 1.82) is 0 Å². The van der Waals surface area contributed by atoms with Crippen LogP contribution in [0, 0.1) is 11.6 Å². The Kier molecular flexibility index (Phi) is 5.12. The molecule has 3 nitrogen and oxygen atoms in total. The number of halogens is 2. The predicted molar refractivity (Wildman–Crippen MR) is 71.4 cm³/mol. The Morgan fingerprint density at radius 1 is 1.25 bits per heavy atom. The maximum atomic E-state index is 13.4. The highest BCUT2D eigenvalue weighted by molar-refractivity contribution is 5.26. The number of ether oxygens (including phenoxy) is 1. The molecule has 0 amide bonds. The minimum Gasteiger partial charge on any atom is -0.486 e. The van der Waals surface area contributed by atoms with Gasteiger partial charge in [-0.15, -0.1) is 0 Å². The Labute approximate surface area is 116 Å². The second-order valence-electron chi connectivity index (χ2n) is 4.41. The highest BCUT2D eigenvalue weighted by Crippen LogP contribution is 2.20. The smallest absolute Gasteiger partial charge is 0.165 e. The van der Waals surface area contributed by atoms with E-state index >= 15 is 0 Å². The first-order valence-electron chi connectivity index (χ1n) is 6.54. The standard InChI is InChI=1S/C15H17F2NO2/c1-2-6-18-9-15-11(5-7-19-15)10-20-14-8-12(16)3-4-13(14)17/h3-5,7-8,18H,2,6,9-10H2,1H3. The van der Waals surface area contributed by atoms with Crippen LogP contribution in [0.5, 0.6) is 5.75 Å². The van der Waals surface area contributed by atoms with Gasteiger partial charge in [0.25, 0.3) is 0 Å². The van der Waals surface area contributed by atoms with Crippen molar-refractivity contribution in [2.45, 2.75) is 26.5 Å². The summed E-state index contributed by atoms with van der Waals surface area (Å²) in [6, 6.07) is 4.90. The lowest BCUT2D eigenvalue weighted by atomic mass is 10.2. The van der Waals surface area contributed by atoms with E-state index in [1.807, 2.05) is 0 Å². The second-order valence-corrected chi connectivity index (χ2v) is 4.41. The molecule has 0 spiro atoms. The first-order chi connectivity index (χ1) is 9.70. The number of furan rings is 1. The fourth-order valence-electron chi connectivity index (χ4n) is 1.77. The van der Waals surface area contributed by atoms with Crippen molar-refractivity contribution in [1.82, 2.24) is 5.32 Å². The molecule has 108 valence electrons. The average molecular weight is 281 g/mol. The third-order valence-electron chi connectivity index (χ3n) is 2.83. The molecule has 1 aromatic carbocycles. The molecule has 0 aliphatic heterocycles. The molecule has 0 unspecified atom stereocenters. The molecular formula is C15H17F2NO2. The second kappa shape index (κ2) is 7.05. The molecule has 1 aromatic heterocycles. The lowest BCUT2D eigenvalue weighted by molar-refractivity contribution is 0.284. The Morgan fingerprint density at radius 2 is 2.10 bits per heavy atom. The predicted octanol–water partition coefficient (Wildman–Crippen LogP) is 3.64. The van der Waals surface area contributed by atoms with Gasteiger partial charge in [0.05, 0.1) is 12.8 Å². The zero-order valence-electron chi connectivity index (χ0n) is 11.3. The van der Waals surface area contributed by atoms with Crippen LogP contribution < -0.4 is 10.1 Å². The summed E-state index contributed by atoms with van der Waals surface area (Å²) in [7, 11) is 0. The van der Waals surface area contributed by atoms with Gasteiger partial charge in [0.2, 0.25) is 0 Å². The zero-order chi connectivity index (χ0) is 14.4. The van der Waals surface area contributed by atoms with Gasteiger partial charge < -0.3 is 14.5 Å². The van der Waals surface area contributed by atoms with Crippen LogP contribution in [0.15, 0.2) is 34.9 Å². The van der Waals surface area contributed by atoms with Crippen molar-refractivity contribution in [3.63, 3.8) is 0 Å². The largest absolute Gasteiger partial charge is 0.486 e. The summed E-state index contributed by atoms with van der Waals surface area (Å²) in [5, 5.41) is 3.21. The van der Waals surface area contributed by atoms with Crippen molar-refractivity contribution in [2.75, 3.05) is 6.54 Å². The summed E-state index contributed by atoms with van der Waals surface area (Å²) in [6.45, 7) is 3.69. The van der Waals surface area contributed by atoms with Crippen LogP contribution in [0.1, 0.15) is 24.7 Å². The van der Waals surface area contributed by atoms with Gasteiger partial charge in [0.15, 0.2) is 11.6 Å². The van der Waals surface area contributed by atoms with Crippen molar-refractivity contribution in [3.8, 4) is 5.75 Å². The molecule has 0 saturated heterocycles. The van der Waals surface area contributed by atoms with E-state index in [2.05, 4.69) is 12.2 Å². The summed E-state index contributed by atoms with van der Waals surface area (Å²) in [5.41, 5.74) is 0.817. The summed E-state index contributed by atoms with van der Waals surface area (Å²) in [5.74, 6) is -0.465. The first kappa shape index (κ1) is 14.5. The third kappa shape index (κ3) is 3.81. The normalized spacial score (nSPS) is 10.8. The lowest BCUT2D eigenvalue weighted by Gasteiger charge is -2.08.